The van der Waals surface area contributed by atoms with Crippen LogP contribution in [0.1, 0.15) is 16.0 Å². The molecule has 0 heterocycles. The maximum absolute atomic E-state index is 13.2. The monoisotopic (exact) mass is 484 g/mol. The quantitative estimate of drug-likeness (QED) is 0.416. The first-order valence-corrected chi connectivity index (χ1v) is 8.35. The molecule has 0 aliphatic heterocycles. The molecule has 0 saturated carbocycles. The molecule has 2 aromatic rings. The zero-order valence-corrected chi connectivity index (χ0v) is 15.8. The van der Waals surface area contributed by atoms with Crippen molar-refractivity contribution in [1.29, 1.82) is 0 Å². The highest BCUT2D eigenvalue weighted by Crippen LogP contribution is 2.42. The van der Waals surface area contributed by atoms with E-state index in [4.69, 9.17) is 21.1 Å². The van der Waals surface area contributed by atoms with Crippen LogP contribution >= 0.6 is 50.1 Å². The molecule has 0 amide bonds. The van der Waals surface area contributed by atoms with E-state index >= 15 is 0 Å². The summed E-state index contributed by atoms with van der Waals surface area (Å²) in [4.78, 5) is -0.169. The molecule has 0 N–H and O–H groups in total. The molecular formula is C15H12BrClFIO2. The summed E-state index contributed by atoms with van der Waals surface area (Å²) in [6.45, 7) is 0. The van der Waals surface area contributed by atoms with Gasteiger partial charge in [0.05, 0.1) is 19.0 Å². The minimum absolute atomic E-state index is 0.169. The van der Waals surface area contributed by atoms with Crippen LogP contribution in [0.2, 0.25) is 5.02 Å². The van der Waals surface area contributed by atoms with E-state index in [1.165, 1.54) is 12.1 Å². The van der Waals surface area contributed by atoms with Crippen LogP contribution < -0.4 is 9.47 Å². The van der Waals surface area contributed by atoms with E-state index in [1.54, 1.807) is 26.4 Å². The molecule has 112 valence electrons. The average molecular weight is 486 g/mol. The van der Waals surface area contributed by atoms with Crippen LogP contribution in [0.4, 0.5) is 4.39 Å². The molecule has 21 heavy (non-hydrogen) atoms. The van der Waals surface area contributed by atoms with Crippen molar-refractivity contribution in [2.45, 2.75) is 4.83 Å². The fourth-order valence-corrected chi connectivity index (χ4v) is 4.33. The molecule has 2 nitrogen and oxygen atoms in total. The zero-order valence-electron chi connectivity index (χ0n) is 11.3. The Hall–Kier alpha value is -0.530. The summed E-state index contributed by atoms with van der Waals surface area (Å²) in [5, 5.41) is 0.551. The summed E-state index contributed by atoms with van der Waals surface area (Å²) in [6, 6.07) is 8.18. The second-order valence-electron chi connectivity index (χ2n) is 4.26. The standard InChI is InChI=1S/C15H12BrClFIO2/c1-20-13-6-10(11(17)7-14(13)21-2)15(16)9-4-3-8(18)5-12(9)19/h3-7,15H,1-2H3. The number of ether oxygens (including phenoxy) is 2. The smallest absolute Gasteiger partial charge is 0.162 e. The number of alkyl halides is 1. The molecule has 0 aromatic heterocycles. The first kappa shape index (κ1) is 16.8. The Morgan fingerprint density at radius 3 is 2.29 bits per heavy atom. The van der Waals surface area contributed by atoms with Crippen LogP contribution in [0.25, 0.3) is 0 Å². The van der Waals surface area contributed by atoms with Crippen molar-refractivity contribution in [1.82, 2.24) is 0 Å². The third-order valence-electron chi connectivity index (χ3n) is 3.01. The van der Waals surface area contributed by atoms with Crippen LogP contribution in [-0.4, -0.2) is 14.2 Å². The van der Waals surface area contributed by atoms with Gasteiger partial charge in [-0.05, 0) is 51.9 Å². The van der Waals surface area contributed by atoms with Gasteiger partial charge in [-0.25, -0.2) is 4.39 Å². The van der Waals surface area contributed by atoms with Gasteiger partial charge in [-0.2, -0.15) is 0 Å². The minimum Gasteiger partial charge on any atom is -0.493 e. The Morgan fingerprint density at radius 1 is 1.10 bits per heavy atom. The van der Waals surface area contributed by atoms with Crippen LogP contribution in [0.3, 0.4) is 0 Å². The lowest BCUT2D eigenvalue weighted by atomic mass is 10.0. The molecule has 1 unspecified atom stereocenters. The Morgan fingerprint density at radius 2 is 1.71 bits per heavy atom. The molecule has 0 saturated heterocycles. The number of halogens is 4. The van der Waals surface area contributed by atoms with Gasteiger partial charge in [0.2, 0.25) is 0 Å². The third-order valence-corrected chi connectivity index (χ3v) is 5.26. The van der Waals surface area contributed by atoms with Gasteiger partial charge >= 0.3 is 0 Å². The van der Waals surface area contributed by atoms with E-state index in [2.05, 4.69) is 38.5 Å². The van der Waals surface area contributed by atoms with Gasteiger partial charge in [-0.15, -0.1) is 0 Å². The van der Waals surface area contributed by atoms with Crippen molar-refractivity contribution in [2.75, 3.05) is 14.2 Å². The number of rotatable bonds is 4. The van der Waals surface area contributed by atoms with E-state index in [1.807, 2.05) is 6.07 Å². The molecule has 0 aliphatic carbocycles. The molecular weight excluding hydrogens is 473 g/mol. The SMILES string of the molecule is COc1cc(Cl)c(C(Br)c2ccc(F)cc2I)cc1OC. The summed E-state index contributed by atoms with van der Waals surface area (Å²) in [5.74, 6) is 0.902. The predicted molar refractivity (Wildman–Crippen MR) is 94.4 cm³/mol. The van der Waals surface area contributed by atoms with Gasteiger partial charge in [-0.1, -0.05) is 33.6 Å². The molecule has 2 rings (SSSR count). The molecule has 1 atom stereocenters. The van der Waals surface area contributed by atoms with Crippen LogP contribution in [0.15, 0.2) is 30.3 Å². The molecule has 0 aliphatic rings. The summed E-state index contributed by atoms with van der Waals surface area (Å²) in [6.07, 6.45) is 0. The highest BCUT2D eigenvalue weighted by molar-refractivity contribution is 14.1. The van der Waals surface area contributed by atoms with Gasteiger partial charge in [-0.3, -0.25) is 0 Å². The maximum atomic E-state index is 13.2. The first-order chi connectivity index (χ1) is 9.97. The molecule has 0 spiro atoms. The van der Waals surface area contributed by atoms with Crippen LogP contribution in [0.5, 0.6) is 11.5 Å². The average Bonchev–Trinajstić information content (AvgIpc) is 2.46. The normalized spacial score (nSPS) is 12.1. The highest BCUT2D eigenvalue weighted by Gasteiger charge is 2.20. The van der Waals surface area contributed by atoms with E-state index < -0.39 is 0 Å². The van der Waals surface area contributed by atoms with Crippen molar-refractivity contribution in [2.24, 2.45) is 0 Å². The van der Waals surface area contributed by atoms with E-state index in [9.17, 15) is 4.39 Å². The summed E-state index contributed by atoms with van der Waals surface area (Å²) in [5.41, 5.74) is 1.77. The number of methoxy groups -OCH3 is 2. The fourth-order valence-electron chi connectivity index (χ4n) is 1.94. The molecule has 2 aromatic carbocycles. The Kier molecular flexibility index (Phi) is 5.73. The second kappa shape index (κ2) is 7.15. The molecule has 6 heteroatoms. The van der Waals surface area contributed by atoms with E-state index in [-0.39, 0.29) is 10.6 Å². The second-order valence-corrected chi connectivity index (χ2v) is 6.74. The predicted octanol–water partition coefficient (Wildman–Crippen LogP) is 5.59. The zero-order chi connectivity index (χ0) is 15.6. The molecule has 0 fully saturated rings. The van der Waals surface area contributed by atoms with Gasteiger partial charge < -0.3 is 9.47 Å². The van der Waals surface area contributed by atoms with Gasteiger partial charge in [0, 0.05) is 14.7 Å². The Bertz CT molecular complexity index is 666. The third kappa shape index (κ3) is 3.63. The Balaban J connectivity index is 2.50. The van der Waals surface area contributed by atoms with Gasteiger partial charge in [0.1, 0.15) is 5.82 Å². The number of benzene rings is 2. The van der Waals surface area contributed by atoms with Crippen molar-refractivity contribution in [3.8, 4) is 11.5 Å². The summed E-state index contributed by atoms with van der Waals surface area (Å²) in [7, 11) is 3.13. The lowest BCUT2D eigenvalue weighted by Gasteiger charge is -2.17. The van der Waals surface area contributed by atoms with Crippen molar-refractivity contribution >= 4 is 50.1 Å². The van der Waals surface area contributed by atoms with Crippen LogP contribution in [-0.2, 0) is 0 Å². The Labute approximate surface area is 149 Å². The van der Waals surface area contributed by atoms with E-state index in [0.29, 0.717) is 16.5 Å². The lowest BCUT2D eigenvalue weighted by molar-refractivity contribution is 0.354. The molecule has 0 bridgehead atoms. The van der Waals surface area contributed by atoms with Crippen molar-refractivity contribution in [3.63, 3.8) is 0 Å². The minimum atomic E-state index is -0.263. The maximum Gasteiger partial charge on any atom is 0.162 e. The molecule has 0 radical (unpaired) electrons. The first-order valence-electron chi connectivity index (χ1n) is 5.98. The fraction of sp³-hybridized carbons (Fsp3) is 0.200. The number of hydrogen-bond acceptors (Lipinski definition) is 2. The van der Waals surface area contributed by atoms with Gasteiger partial charge in [0.15, 0.2) is 11.5 Å². The van der Waals surface area contributed by atoms with Crippen LogP contribution in [0, 0.1) is 9.39 Å². The number of hydrogen-bond donors (Lipinski definition) is 0. The highest BCUT2D eigenvalue weighted by atomic mass is 127. The topological polar surface area (TPSA) is 18.5 Å². The summed E-state index contributed by atoms with van der Waals surface area (Å²) < 4.78 is 24.6. The van der Waals surface area contributed by atoms with Crippen molar-refractivity contribution in [3.05, 3.63) is 55.9 Å². The summed E-state index contributed by atoms with van der Waals surface area (Å²) >= 11 is 12.0. The lowest BCUT2D eigenvalue weighted by Crippen LogP contribution is -2.00. The van der Waals surface area contributed by atoms with Gasteiger partial charge in [0.25, 0.3) is 0 Å². The van der Waals surface area contributed by atoms with E-state index in [0.717, 1.165) is 14.7 Å². The van der Waals surface area contributed by atoms with Crippen molar-refractivity contribution < 1.29 is 13.9 Å². The largest absolute Gasteiger partial charge is 0.493 e.